The Morgan fingerprint density at radius 1 is 1.33 bits per heavy atom. The lowest BCUT2D eigenvalue weighted by atomic mass is 9.95. The van der Waals surface area contributed by atoms with Gasteiger partial charge in [-0.25, -0.2) is 0 Å². The number of carboxylic acids is 1. The second-order valence-corrected chi connectivity index (χ2v) is 6.03. The van der Waals surface area contributed by atoms with E-state index in [0.717, 1.165) is 37.4 Å². The largest absolute Gasteiger partial charge is 0.481 e. The van der Waals surface area contributed by atoms with Crippen LogP contribution >= 0.6 is 11.8 Å². The van der Waals surface area contributed by atoms with Gasteiger partial charge in [0.15, 0.2) is 0 Å². The molecule has 2 rings (SSSR count). The fourth-order valence-corrected chi connectivity index (χ4v) is 3.68. The Hall–Kier alpha value is -0.750. The third kappa shape index (κ3) is 3.38. The molecular weight excluding hydrogens is 252 g/mol. The van der Waals surface area contributed by atoms with Crippen molar-refractivity contribution >= 4 is 23.6 Å². The van der Waals surface area contributed by atoms with Crippen LogP contribution in [0.4, 0.5) is 0 Å². The quantitative estimate of drug-likeness (QED) is 0.778. The van der Waals surface area contributed by atoms with Crippen molar-refractivity contribution in [3.63, 3.8) is 0 Å². The molecule has 2 aliphatic heterocycles. The molecule has 0 radical (unpaired) electrons. The molecule has 0 aromatic carbocycles. The van der Waals surface area contributed by atoms with Crippen molar-refractivity contribution < 1.29 is 14.7 Å². The van der Waals surface area contributed by atoms with Gasteiger partial charge in [0.1, 0.15) is 0 Å². The monoisotopic (exact) mass is 272 g/mol. The molecular formula is C12H20N2O3S. The Morgan fingerprint density at radius 2 is 2.06 bits per heavy atom. The van der Waals surface area contributed by atoms with Gasteiger partial charge < -0.3 is 15.3 Å². The van der Waals surface area contributed by atoms with E-state index in [-0.39, 0.29) is 24.3 Å². The molecule has 0 spiro atoms. The van der Waals surface area contributed by atoms with Crippen molar-refractivity contribution in [1.82, 2.24) is 10.2 Å². The Morgan fingerprint density at radius 3 is 2.72 bits per heavy atom. The van der Waals surface area contributed by atoms with Gasteiger partial charge in [-0.15, -0.1) is 0 Å². The van der Waals surface area contributed by atoms with Gasteiger partial charge in [0.05, 0.1) is 12.5 Å². The molecule has 2 N–H and O–H groups in total. The van der Waals surface area contributed by atoms with Gasteiger partial charge in [0.25, 0.3) is 0 Å². The second-order valence-electron chi connectivity index (χ2n) is 4.88. The van der Waals surface area contributed by atoms with Gasteiger partial charge in [0.2, 0.25) is 5.91 Å². The van der Waals surface area contributed by atoms with Crippen LogP contribution in [0.15, 0.2) is 0 Å². The van der Waals surface area contributed by atoms with Gasteiger partial charge in [0, 0.05) is 24.0 Å². The molecule has 0 bridgehead atoms. The van der Waals surface area contributed by atoms with E-state index in [1.807, 2.05) is 4.90 Å². The predicted molar refractivity (Wildman–Crippen MR) is 70.7 cm³/mol. The first-order valence-electron chi connectivity index (χ1n) is 6.49. The van der Waals surface area contributed by atoms with Crippen LogP contribution in [0, 0.1) is 5.92 Å². The summed E-state index contributed by atoms with van der Waals surface area (Å²) in [6, 6.07) is -0.122. The molecule has 6 heteroatoms. The SMILES string of the molecule is O=C(O)CC1CSCCN1C(=O)C1CCNCC1. The van der Waals surface area contributed by atoms with Crippen molar-refractivity contribution in [3.8, 4) is 0 Å². The molecule has 1 unspecified atom stereocenters. The fraction of sp³-hybridized carbons (Fsp3) is 0.833. The van der Waals surface area contributed by atoms with E-state index in [2.05, 4.69) is 5.32 Å². The standard InChI is InChI=1S/C12H20N2O3S/c15-11(16)7-10-8-18-6-5-14(10)12(17)9-1-3-13-4-2-9/h9-10,13H,1-8H2,(H,15,16). The number of nitrogens with zero attached hydrogens (tertiary/aromatic N) is 1. The summed E-state index contributed by atoms with van der Waals surface area (Å²) in [4.78, 5) is 25.1. The molecule has 0 saturated carbocycles. The van der Waals surface area contributed by atoms with Crippen molar-refractivity contribution in [2.75, 3.05) is 31.1 Å². The highest BCUT2D eigenvalue weighted by atomic mass is 32.2. The minimum absolute atomic E-state index is 0.0731. The lowest BCUT2D eigenvalue weighted by Gasteiger charge is -2.37. The Kier molecular flexibility index (Phi) is 4.88. The highest BCUT2D eigenvalue weighted by Crippen LogP contribution is 2.24. The number of hydrogen-bond donors (Lipinski definition) is 2. The summed E-state index contributed by atoms with van der Waals surface area (Å²) >= 11 is 1.74. The highest BCUT2D eigenvalue weighted by Gasteiger charge is 2.33. The topological polar surface area (TPSA) is 69.6 Å². The zero-order valence-corrected chi connectivity index (χ0v) is 11.2. The van der Waals surface area contributed by atoms with Crippen molar-refractivity contribution in [3.05, 3.63) is 0 Å². The highest BCUT2D eigenvalue weighted by molar-refractivity contribution is 7.99. The van der Waals surface area contributed by atoms with E-state index in [1.165, 1.54) is 0 Å². The summed E-state index contributed by atoms with van der Waals surface area (Å²) in [6.07, 6.45) is 1.83. The fourth-order valence-electron chi connectivity index (χ4n) is 2.62. The summed E-state index contributed by atoms with van der Waals surface area (Å²) < 4.78 is 0. The molecule has 2 heterocycles. The van der Waals surface area contributed by atoms with Crippen LogP contribution in [-0.2, 0) is 9.59 Å². The second kappa shape index (κ2) is 6.43. The number of hydrogen-bond acceptors (Lipinski definition) is 4. The van der Waals surface area contributed by atoms with Crippen molar-refractivity contribution in [2.24, 2.45) is 5.92 Å². The number of nitrogens with one attached hydrogen (secondary N) is 1. The van der Waals surface area contributed by atoms with Crippen LogP contribution in [0.2, 0.25) is 0 Å². The van der Waals surface area contributed by atoms with E-state index in [4.69, 9.17) is 5.11 Å². The molecule has 2 saturated heterocycles. The summed E-state index contributed by atoms with van der Waals surface area (Å²) in [5.74, 6) is 1.12. The van der Waals surface area contributed by atoms with E-state index in [9.17, 15) is 9.59 Å². The van der Waals surface area contributed by atoms with Crippen molar-refractivity contribution in [1.29, 1.82) is 0 Å². The Labute approximate surface area is 111 Å². The zero-order chi connectivity index (χ0) is 13.0. The lowest BCUT2D eigenvalue weighted by Crippen LogP contribution is -2.50. The first-order chi connectivity index (χ1) is 8.68. The number of rotatable bonds is 3. The molecule has 1 amide bonds. The number of carbonyl (C=O) groups is 2. The minimum atomic E-state index is -0.814. The van der Waals surface area contributed by atoms with E-state index in [1.54, 1.807) is 11.8 Å². The van der Waals surface area contributed by atoms with Gasteiger partial charge in [-0.3, -0.25) is 9.59 Å². The molecule has 1 atom stereocenters. The zero-order valence-electron chi connectivity index (χ0n) is 10.4. The number of amides is 1. The first kappa shape index (κ1) is 13.7. The first-order valence-corrected chi connectivity index (χ1v) is 7.64. The lowest BCUT2D eigenvalue weighted by molar-refractivity contribution is -0.142. The van der Waals surface area contributed by atoms with E-state index in [0.29, 0.717) is 6.54 Å². The molecule has 0 aromatic heterocycles. The smallest absolute Gasteiger partial charge is 0.305 e. The molecule has 2 aliphatic rings. The van der Waals surface area contributed by atoms with Crippen LogP contribution in [0.1, 0.15) is 19.3 Å². The van der Waals surface area contributed by atoms with Gasteiger partial charge >= 0.3 is 5.97 Å². The summed E-state index contributed by atoms with van der Waals surface area (Å²) in [5.41, 5.74) is 0. The minimum Gasteiger partial charge on any atom is -0.481 e. The maximum Gasteiger partial charge on any atom is 0.305 e. The number of carbonyl (C=O) groups excluding carboxylic acids is 1. The molecule has 2 fully saturated rings. The van der Waals surface area contributed by atoms with E-state index < -0.39 is 5.97 Å². The Balaban J connectivity index is 1.98. The number of carboxylic acid groups (broad SMARTS) is 1. The van der Waals surface area contributed by atoms with E-state index >= 15 is 0 Å². The predicted octanol–water partition coefficient (Wildman–Crippen LogP) is 0.405. The maximum absolute atomic E-state index is 12.4. The summed E-state index contributed by atoms with van der Waals surface area (Å²) in [7, 11) is 0. The van der Waals surface area contributed by atoms with Gasteiger partial charge in [-0.2, -0.15) is 11.8 Å². The molecule has 0 aliphatic carbocycles. The maximum atomic E-state index is 12.4. The number of thioether (sulfide) groups is 1. The number of piperidine rings is 1. The summed E-state index contributed by atoms with van der Waals surface area (Å²) in [6.45, 7) is 2.48. The number of aliphatic carboxylic acids is 1. The molecule has 5 nitrogen and oxygen atoms in total. The van der Waals surface area contributed by atoms with Gasteiger partial charge in [-0.05, 0) is 25.9 Å². The van der Waals surface area contributed by atoms with Gasteiger partial charge in [-0.1, -0.05) is 0 Å². The molecule has 0 aromatic rings. The molecule has 102 valence electrons. The average Bonchev–Trinajstić information content (AvgIpc) is 2.39. The molecule has 18 heavy (non-hydrogen) atoms. The third-order valence-corrected chi connectivity index (χ3v) is 4.70. The van der Waals surface area contributed by atoms with Crippen LogP contribution in [-0.4, -0.2) is 59.1 Å². The third-order valence-electron chi connectivity index (χ3n) is 3.61. The Bertz CT molecular complexity index is 318. The van der Waals surface area contributed by atoms with Crippen LogP contribution in [0.25, 0.3) is 0 Å². The normalized spacial score (nSPS) is 26.0. The van der Waals surface area contributed by atoms with Crippen LogP contribution in [0.3, 0.4) is 0 Å². The van der Waals surface area contributed by atoms with Crippen LogP contribution < -0.4 is 5.32 Å². The average molecular weight is 272 g/mol. The van der Waals surface area contributed by atoms with Crippen molar-refractivity contribution in [2.45, 2.75) is 25.3 Å². The van der Waals surface area contributed by atoms with Crippen LogP contribution in [0.5, 0.6) is 0 Å². The summed E-state index contributed by atoms with van der Waals surface area (Å²) in [5, 5.41) is 12.2.